The van der Waals surface area contributed by atoms with Crippen molar-refractivity contribution in [1.82, 2.24) is 15.2 Å². The summed E-state index contributed by atoms with van der Waals surface area (Å²) in [5, 5.41) is 3.01. The number of rotatable bonds is 1. The molecule has 6 heteroatoms. The van der Waals surface area contributed by atoms with Gasteiger partial charge in [-0.05, 0) is 24.8 Å². The molecule has 3 rings (SSSR count). The quantitative estimate of drug-likeness (QED) is 0.776. The Hall–Kier alpha value is -2.11. The molecule has 2 unspecified atom stereocenters. The summed E-state index contributed by atoms with van der Waals surface area (Å²) in [7, 11) is 0. The van der Waals surface area contributed by atoms with E-state index in [1.54, 1.807) is 12.3 Å². The lowest BCUT2D eigenvalue weighted by Gasteiger charge is -2.41. The van der Waals surface area contributed by atoms with Crippen LogP contribution in [0.25, 0.3) is 0 Å². The van der Waals surface area contributed by atoms with Crippen LogP contribution in [0.15, 0.2) is 18.5 Å². The zero-order valence-electron chi connectivity index (χ0n) is 11.2. The topological polar surface area (TPSA) is 88.3 Å². The van der Waals surface area contributed by atoms with Crippen LogP contribution in [0.1, 0.15) is 29.6 Å². The Morgan fingerprint density at radius 1 is 1.45 bits per heavy atom. The van der Waals surface area contributed by atoms with Crippen LogP contribution < -0.4 is 11.1 Å². The Labute approximate surface area is 117 Å². The number of nitrogens with zero attached hydrogens (tertiary/aromatic N) is 2. The van der Waals surface area contributed by atoms with Crippen LogP contribution in [0.3, 0.4) is 0 Å². The third-order valence-corrected chi connectivity index (χ3v) is 4.19. The summed E-state index contributed by atoms with van der Waals surface area (Å²) in [6.45, 7) is 1.33. The zero-order valence-corrected chi connectivity index (χ0v) is 11.2. The Bertz CT molecular complexity index is 546. The molecule has 0 bridgehead atoms. The maximum absolute atomic E-state index is 12.5. The SMILES string of the molecule is Nc1ccncc1C(=O)N1CCC2NC(=O)CCC2C1. The molecule has 3 heterocycles. The number of pyridine rings is 1. The van der Waals surface area contributed by atoms with Gasteiger partial charge in [0.15, 0.2) is 0 Å². The molecule has 106 valence electrons. The third kappa shape index (κ3) is 2.33. The highest BCUT2D eigenvalue weighted by Crippen LogP contribution is 2.26. The number of carbonyl (C=O) groups excluding carboxylic acids is 2. The van der Waals surface area contributed by atoms with Gasteiger partial charge in [0.05, 0.1) is 5.56 Å². The number of anilines is 1. The van der Waals surface area contributed by atoms with E-state index in [-0.39, 0.29) is 17.9 Å². The van der Waals surface area contributed by atoms with Crippen molar-refractivity contribution in [2.24, 2.45) is 5.92 Å². The summed E-state index contributed by atoms with van der Waals surface area (Å²) in [4.78, 5) is 29.7. The van der Waals surface area contributed by atoms with Crippen LogP contribution in [-0.2, 0) is 4.79 Å². The highest BCUT2D eigenvalue weighted by molar-refractivity contribution is 5.98. The molecule has 3 N–H and O–H groups in total. The van der Waals surface area contributed by atoms with E-state index >= 15 is 0 Å². The van der Waals surface area contributed by atoms with Crippen LogP contribution >= 0.6 is 0 Å². The summed E-state index contributed by atoms with van der Waals surface area (Å²) in [6.07, 6.45) is 5.31. The number of nitrogens with two attached hydrogens (primary N) is 1. The number of carbonyl (C=O) groups is 2. The predicted octanol–water partition coefficient (Wildman–Crippen LogP) is 0.404. The highest BCUT2D eigenvalue weighted by Gasteiger charge is 2.35. The van der Waals surface area contributed by atoms with Crippen LogP contribution in [-0.4, -0.2) is 40.8 Å². The summed E-state index contributed by atoms with van der Waals surface area (Å²) >= 11 is 0. The molecule has 1 aromatic heterocycles. The first-order valence-electron chi connectivity index (χ1n) is 6.93. The van der Waals surface area contributed by atoms with E-state index in [9.17, 15) is 9.59 Å². The van der Waals surface area contributed by atoms with Crippen molar-refractivity contribution in [1.29, 1.82) is 0 Å². The van der Waals surface area contributed by atoms with Crippen molar-refractivity contribution >= 4 is 17.5 Å². The number of fused-ring (bicyclic) bond motifs is 1. The average molecular weight is 274 g/mol. The smallest absolute Gasteiger partial charge is 0.257 e. The van der Waals surface area contributed by atoms with E-state index in [0.717, 1.165) is 12.8 Å². The van der Waals surface area contributed by atoms with E-state index in [2.05, 4.69) is 10.3 Å². The lowest BCUT2D eigenvalue weighted by molar-refractivity contribution is -0.125. The molecular formula is C14H18N4O2. The molecule has 2 aliphatic heterocycles. The largest absolute Gasteiger partial charge is 0.398 e. The second kappa shape index (κ2) is 5.11. The number of hydrogen-bond acceptors (Lipinski definition) is 4. The summed E-state index contributed by atoms with van der Waals surface area (Å²) in [5.41, 5.74) is 6.76. The number of hydrogen-bond donors (Lipinski definition) is 2. The van der Waals surface area contributed by atoms with Gasteiger partial charge in [0.25, 0.3) is 5.91 Å². The number of aromatic nitrogens is 1. The van der Waals surface area contributed by atoms with Crippen molar-refractivity contribution in [3.05, 3.63) is 24.0 Å². The molecule has 2 fully saturated rings. The Balaban J connectivity index is 1.72. The minimum Gasteiger partial charge on any atom is -0.398 e. The van der Waals surface area contributed by atoms with Gasteiger partial charge in [-0.25, -0.2) is 0 Å². The van der Waals surface area contributed by atoms with Crippen molar-refractivity contribution in [3.8, 4) is 0 Å². The number of nitrogen functional groups attached to an aromatic ring is 1. The minimum absolute atomic E-state index is 0.0639. The lowest BCUT2D eigenvalue weighted by atomic mass is 9.85. The molecular weight excluding hydrogens is 256 g/mol. The van der Waals surface area contributed by atoms with Gasteiger partial charge < -0.3 is 16.0 Å². The average Bonchev–Trinajstić information content (AvgIpc) is 2.46. The molecule has 0 radical (unpaired) electrons. The van der Waals surface area contributed by atoms with E-state index in [1.165, 1.54) is 6.20 Å². The van der Waals surface area contributed by atoms with E-state index in [4.69, 9.17) is 5.73 Å². The van der Waals surface area contributed by atoms with Crippen LogP contribution in [0.2, 0.25) is 0 Å². The van der Waals surface area contributed by atoms with E-state index < -0.39 is 0 Å². The van der Waals surface area contributed by atoms with Gasteiger partial charge in [-0.15, -0.1) is 0 Å². The summed E-state index contributed by atoms with van der Waals surface area (Å²) < 4.78 is 0. The van der Waals surface area contributed by atoms with Gasteiger partial charge in [-0.2, -0.15) is 0 Å². The van der Waals surface area contributed by atoms with Crippen molar-refractivity contribution in [3.63, 3.8) is 0 Å². The Morgan fingerprint density at radius 3 is 3.10 bits per heavy atom. The van der Waals surface area contributed by atoms with Crippen LogP contribution in [0, 0.1) is 5.92 Å². The van der Waals surface area contributed by atoms with Crippen molar-refractivity contribution < 1.29 is 9.59 Å². The van der Waals surface area contributed by atoms with Gasteiger partial charge in [0, 0.05) is 43.6 Å². The minimum atomic E-state index is -0.0639. The molecule has 2 aliphatic rings. The van der Waals surface area contributed by atoms with Gasteiger partial charge in [0.2, 0.25) is 5.91 Å². The first kappa shape index (κ1) is 12.9. The van der Waals surface area contributed by atoms with Crippen molar-refractivity contribution in [2.45, 2.75) is 25.3 Å². The highest BCUT2D eigenvalue weighted by atomic mass is 16.2. The fourth-order valence-corrected chi connectivity index (χ4v) is 3.05. The first-order valence-corrected chi connectivity index (χ1v) is 6.93. The fraction of sp³-hybridized carbons (Fsp3) is 0.500. The van der Waals surface area contributed by atoms with Gasteiger partial charge in [-0.1, -0.05) is 0 Å². The zero-order chi connectivity index (χ0) is 14.1. The second-order valence-corrected chi connectivity index (χ2v) is 5.48. The fourth-order valence-electron chi connectivity index (χ4n) is 3.05. The van der Waals surface area contributed by atoms with Crippen LogP contribution in [0.5, 0.6) is 0 Å². The van der Waals surface area contributed by atoms with Crippen LogP contribution in [0.4, 0.5) is 5.69 Å². The molecule has 20 heavy (non-hydrogen) atoms. The van der Waals surface area contributed by atoms with Gasteiger partial charge >= 0.3 is 0 Å². The molecule has 0 aromatic carbocycles. The number of nitrogens with one attached hydrogen (secondary N) is 1. The van der Waals surface area contributed by atoms with E-state index in [0.29, 0.717) is 36.7 Å². The lowest BCUT2D eigenvalue weighted by Crippen LogP contribution is -2.55. The standard InChI is InChI=1S/C14H18N4O2/c15-11-3-5-16-7-10(11)14(20)18-6-4-12-9(8-18)1-2-13(19)17-12/h3,5,7,9,12H,1-2,4,6,8H2,(H2,15,16)(H,17,19). The Morgan fingerprint density at radius 2 is 2.30 bits per heavy atom. The molecule has 0 spiro atoms. The van der Waals surface area contributed by atoms with E-state index in [1.807, 2.05) is 4.90 Å². The monoisotopic (exact) mass is 274 g/mol. The second-order valence-electron chi connectivity index (χ2n) is 5.48. The Kier molecular flexibility index (Phi) is 3.30. The van der Waals surface area contributed by atoms with Gasteiger partial charge in [0.1, 0.15) is 0 Å². The molecule has 2 saturated heterocycles. The number of amides is 2. The predicted molar refractivity (Wildman–Crippen MR) is 73.8 cm³/mol. The normalized spacial score (nSPS) is 25.8. The number of likely N-dealkylation sites (tertiary alicyclic amines) is 1. The molecule has 1 aromatic rings. The number of piperidine rings is 2. The third-order valence-electron chi connectivity index (χ3n) is 4.19. The molecule has 0 aliphatic carbocycles. The van der Waals surface area contributed by atoms with Crippen molar-refractivity contribution in [2.75, 3.05) is 18.8 Å². The van der Waals surface area contributed by atoms with Gasteiger partial charge in [-0.3, -0.25) is 14.6 Å². The maximum atomic E-state index is 12.5. The molecule has 2 amide bonds. The molecule has 6 nitrogen and oxygen atoms in total. The summed E-state index contributed by atoms with van der Waals surface area (Å²) in [6, 6.07) is 1.85. The molecule has 0 saturated carbocycles. The summed E-state index contributed by atoms with van der Waals surface area (Å²) in [5.74, 6) is 0.414. The molecule has 2 atom stereocenters. The first-order chi connectivity index (χ1) is 9.65. The maximum Gasteiger partial charge on any atom is 0.257 e.